The fourth-order valence-electron chi connectivity index (χ4n) is 2.07. The van der Waals surface area contributed by atoms with E-state index in [1.165, 1.54) is 0 Å². The van der Waals surface area contributed by atoms with Gasteiger partial charge < -0.3 is 20.1 Å². The van der Waals surface area contributed by atoms with Crippen molar-refractivity contribution in [1.29, 1.82) is 5.26 Å². The number of esters is 1. The van der Waals surface area contributed by atoms with Crippen LogP contribution in [-0.2, 0) is 4.74 Å². The number of rotatable bonds is 3. The van der Waals surface area contributed by atoms with Gasteiger partial charge in [-0.3, -0.25) is 0 Å². The lowest BCUT2D eigenvalue weighted by Crippen LogP contribution is -2.16. The highest BCUT2D eigenvalue weighted by Gasteiger charge is 2.28. The van der Waals surface area contributed by atoms with Crippen LogP contribution in [-0.4, -0.2) is 28.7 Å². The molecule has 1 aromatic carbocycles. The van der Waals surface area contributed by atoms with E-state index in [0.29, 0.717) is 16.7 Å². The molecule has 23 heavy (non-hydrogen) atoms. The molecule has 7 nitrogen and oxygen atoms in total. The maximum Gasteiger partial charge on any atom is 0.357 e. The second kappa shape index (κ2) is 5.76. The van der Waals surface area contributed by atoms with Gasteiger partial charge in [0.05, 0.1) is 24.0 Å². The summed E-state index contributed by atoms with van der Waals surface area (Å²) in [5.74, 6) is -5.12. The number of nitrogens with zero attached hydrogens (tertiary/aromatic N) is 2. The maximum absolute atomic E-state index is 14.1. The third-order valence-corrected chi connectivity index (χ3v) is 3.08. The molecule has 0 spiro atoms. The molecule has 0 radical (unpaired) electrons. The first-order chi connectivity index (χ1) is 10.8. The van der Waals surface area contributed by atoms with Gasteiger partial charge in [-0.05, 0) is 12.1 Å². The normalized spacial score (nSPS) is 10.2. The molecule has 0 fully saturated rings. The number of benzene rings is 1. The quantitative estimate of drug-likeness (QED) is 0.831. The molecule has 0 saturated heterocycles. The number of hydrogen-bond acceptors (Lipinski definition) is 5. The van der Waals surface area contributed by atoms with Crippen molar-refractivity contribution in [3.05, 3.63) is 46.8 Å². The number of nitriles is 1. The average molecular weight is 321 g/mol. The number of ether oxygens (including phenoxy) is 1. The van der Waals surface area contributed by atoms with Crippen LogP contribution in [0.1, 0.15) is 26.4 Å². The van der Waals surface area contributed by atoms with Crippen LogP contribution in [0, 0.1) is 23.0 Å². The van der Waals surface area contributed by atoms with Gasteiger partial charge in [-0.2, -0.15) is 5.26 Å². The number of aromatic nitrogens is 1. The van der Waals surface area contributed by atoms with Crippen molar-refractivity contribution >= 4 is 17.6 Å². The first-order valence-electron chi connectivity index (χ1n) is 6.04. The number of carbonyl (C=O) groups excluding carboxylic acids is 1. The number of nitrogen functional groups attached to an aromatic ring is 1. The molecule has 2 aromatic rings. The van der Waals surface area contributed by atoms with Gasteiger partial charge in [0, 0.05) is 6.20 Å². The van der Waals surface area contributed by atoms with Crippen LogP contribution in [0.4, 0.5) is 14.5 Å². The Morgan fingerprint density at radius 1 is 1.35 bits per heavy atom. The van der Waals surface area contributed by atoms with Crippen molar-refractivity contribution < 1.29 is 28.2 Å². The monoisotopic (exact) mass is 321 g/mol. The molecule has 0 aliphatic rings. The van der Waals surface area contributed by atoms with Gasteiger partial charge >= 0.3 is 11.9 Å². The lowest BCUT2D eigenvalue weighted by molar-refractivity contribution is 0.0590. The van der Waals surface area contributed by atoms with Crippen molar-refractivity contribution in [1.82, 2.24) is 4.57 Å². The zero-order valence-corrected chi connectivity index (χ0v) is 11.6. The van der Waals surface area contributed by atoms with Crippen LogP contribution in [0.25, 0.3) is 5.69 Å². The van der Waals surface area contributed by atoms with Crippen LogP contribution in [0.5, 0.6) is 0 Å². The molecular weight excluding hydrogens is 312 g/mol. The molecule has 0 aliphatic heterocycles. The van der Waals surface area contributed by atoms with Crippen molar-refractivity contribution in [2.24, 2.45) is 0 Å². The van der Waals surface area contributed by atoms with Crippen LogP contribution < -0.4 is 5.73 Å². The fourth-order valence-corrected chi connectivity index (χ4v) is 2.07. The van der Waals surface area contributed by atoms with E-state index in [2.05, 4.69) is 4.74 Å². The summed E-state index contributed by atoms with van der Waals surface area (Å²) < 4.78 is 33.1. The number of aromatic carboxylic acids is 1. The highest BCUT2D eigenvalue weighted by atomic mass is 19.1. The maximum atomic E-state index is 14.1. The molecule has 0 amide bonds. The van der Waals surface area contributed by atoms with E-state index in [0.717, 1.165) is 13.3 Å². The van der Waals surface area contributed by atoms with Gasteiger partial charge in [0.15, 0.2) is 5.69 Å². The molecule has 0 aliphatic carbocycles. The van der Waals surface area contributed by atoms with Crippen molar-refractivity contribution in [2.45, 2.75) is 0 Å². The summed E-state index contributed by atoms with van der Waals surface area (Å²) in [6.07, 6.45) is 0.936. The van der Waals surface area contributed by atoms with Crippen molar-refractivity contribution in [3.8, 4) is 11.8 Å². The third kappa shape index (κ3) is 2.46. The molecule has 1 heterocycles. The van der Waals surface area contributed by atoms with E-state index in [-0.39, 0.29) is 11.3 Å². The number of nitrogens with two attached hydrogens (primary N) is 1. The van der Waals surface area contributed by atoms with Crippen LogP contribution in [0.3, 0.4) is 0 Å². The molecule has 3 N–H and O–H groups in total. The molecule has 0 bridgehead atoms. The first kappa shape index (κ1) is 16.0. The van der Waals surface area contributed by atoms with Gasteiger partial charge in [-0.1, -0.05) is 0 Å². The molecule has 2 rings (SSSR count). The minimum absolute atomic E-state index is 0.217. The summed E-state index contributed by atoms with van der Waals surface area (Å²) >= 11 is 0. The lowest BCUT2D eigenvalue weighted by Gasteiger charge is -2.12. The molecule has 9 heteroatoms. The summed E-state index contributed by atoms with van der Waals surface area (Å²) in [6.45, 7) is 0. The standard InChI is InChI=1S/C14H9F2N3O4/c1-23-14(22)12-10(18)6(4-17)5-19(12)11-8(16)3-2-7(15)9(11)13(20)21/h2-3,5H,18H2,1H3,(H,20,21). The molecule has 0 unspecified atom stereocenters. The topological polar surface area (TPSA) is 118 Å². The number of halogens is 2. The highest BCUT2D eigenvalue weighted by molar-refractivity contribution is 5.98. The number of carboxylic acid groups (broad SMARTS) is 1. The molecule has 0 atom stereocenters. The number of methoxy groups -OCH3 is 1. The van der Waals surface area contributed by atoms with Gasteiger partial charge in [0.25, 0.3) is 0 Å². The van der Waals surface area contributed by atoms with E-state index in [1.54, 1.807) is 6.07 Å². The second-order valence-electron chi connectivity index (χ2n) is 4.34. The summed E-state index contributed by atoms with van der Waals surface area (Å²) in [7, 11) is 1.02. The van der Waals surface area contributed by atoms with E-state index >= 15 is 0 Å². The number of carboxylic acids is 1. The van der Waals surface area contributed by atoms with Crippen molar-refractivity contribution in [3.63, 3.8) is 0 Å². The average Bonchev–Trinajstić information content (AvgIpc) is 2.84. The van der Waals surface area contributed by atoms with E-state index in [9.17, 15) is 18.4 Å². The largest absolute Gasteiger partial charge is 0.478 e. The predicted molar refractivity (Wildman–Crippen MR) is 73.1 cm³/mol. The summed E-state index contributed by atoms with van der Waals surface area (Å²) in [5, 5.41) is 18.1. The Kier molecular flexibility index (Phi) is 4.00. The van der Waals surface area contributed by atoms with Crippen LogP contribution in [0.15, 0.2) is 18.3 Å². The molecule has 0 saturated carbocycles. The fraction of sp³-hybridized carbons (Fsp3) is 0.0714. The van der Waals surface area contributed by atoms with Crippen LogP contribution >= 0.6 is 0 Å². The third-order valence-electron chi connectivity index (χ3n) is 3.08. The minimum Gasteiger partial charge on any atom is -0.478 e. The lowest BCUT2D eigenvalue weighted by atomic mass is 10.1. The molecule has 1 aromatic heterocycles. The Bertz CT molecular complexity index is 868. The number of hydrogen-bond donors (Lipinski definition) is 2. The summed E-state index contributed by atoms with van der Waals surface area (Å²) in [6, 6.07) is 3.00. The first-order valence-corrected chi connectivity index (χ1v) is 6.04. The van der Waals surface area contributed by atoms with E-state index in [1.807, 2.05) is 0 Å². The Morgan fingerprint density at radius 2 is 1.96 bits per heavy atom. The summed E-state index contributed by atoms with van der Waals surface area (Å²) in [4.78, 5) is 23.1. The minimum atomic E-state index is -1.75. The summed E-state index contributed by atoms with van der Waals surface area (Å²) in [5.41, 5.74) is 2.84. The van der Waals surface area contributed by atoms with Crippen LogP contribution in [0.2, 0.25) is 0 Å². The Labute approximate surface area is 128 Å². The Balaban J connectivity index is 2.94. The molecular formula is C14H9F2N3O4. The second-order valence-corrected chi connectivity index (χ2v) is 4.34. The SMILES string of the molecule is COC(=O)c1c(N)c(C#N)cn1-c1c(F)ccc(F)c1C(=O)O. The molecule has 118 valence electrons. The van der Waals surface area contributed by atoms with Gasteiger partial charge in [0.1, 0.15) is 23.3 Å². The van der Waals surface area contributed by atoms with E-state index < -0.39 is 40.5 Å². The zero-order valence-electron chi connectivity index (χ0n) is 11.6. The van der Waals surface area contributed by atoms with Crippen molar-refractivity contribution in [2.75, 3.05) is 12.8 Å². The smallest absolute Gasteiger partial charge is 0.357 e. The number of carbonyl (C=O) groups is 2. The van der Waals surface area contributed by atoms with Gasteiger partial charge in [-0.25, -0.2) is 18.4 Å². The van der Waals surface area contributed by atoms with Gasteiger partial charge in [-0.15, -0.1) is 0 Å². The number of anilines is 1. The highest BCUT2D eigenvalue weighted by Crippen LogP contribution is 2.29. The predicted octanol–water partition coefficient (Wildman–Crippen LogP) is 1.69. The Morgan fingerprint density at radius 3 is 2.48 bits per heavy atom. The Hall–Kier alpha value is -3.41. The van der Waals surface area contributed by atoms with Gasteiger partial charge in [0.2, 0.25) is 0 Å². The van der Waals surface area contributed by atoms with E-state index in [4.69, 9.17) is 16.1 Å². The zero-order chi connectivity index (χ0) is 17.3.